The molecule has 1 amide bonds. The molecule has 0 spiro atoms. The Bertz CT molecular complexity index is 861. The second-order valence-corrected chi connectivity index (χ2v) is 6.23. The lowest BCUT2D eigenvalue weighted by Crippen LogP contribution is -2.22. The molecule has 0 atom stereocenters. The van der Waals surface area contributed by atoms with Crippen LogP contribution in [0.15, 0.2) is 78.9 Å². The summed E-state index contributed by atoms with van der Waals surface area (Å²) in [5.74, 6) is -1.14. The predicted molar refractivity (Wildman–Crippen MR) is 107 cm³/mol. The third-order valence-electron chi connectivity index (χ3n) is 4.27. The molecular weight excluding hydrogens is 357 g/mol. The number of nitrogens with one attached hydrogen (secondary N) is 1. The van der Waals surface area contributed by atoms with E-state index >= 15 is 0 Å². The number of methoxy groups -OCH3 is 1. The Balaban J connectivity index is 1.80. The van der Waals surface area contributed by atoms with Gasteiger partial charge in [-0.2, -0.15) is 0 Å². The largest absolute Gasteiger partial charge is 0.488 e. The standard InChI is InChI=1S/C23H22FNO3/c1-27-14-15-28-21-13-12-19(16-20(21)24)25-23(26)22(17-8-4-2-5-9-17)18-10-6-3-7-11-18/h2-13,16,22H,14-15H2,1H3,(H,25,26). The van der Waals surface area contributed by atoms with E-state index in [1.54, 1.807) is 13.2 Å². The highest BCUT2D eigenvalue weighted by atomic mass is 19.1. The molecular formula is C23H22FNO3. The van der Waals surface area contributed by atoms with Gasteiger partial charge < -0.3 is 14.8 Å². The smallest absolute Gasteiger partial charge is 0.236 e. The van der Waals surface area contributed by atoms with Crippen molar-refractivity contribution in [1.82, 2.24) is 0 Å². The van der Waals surface area contributed by atoms with E-state index in [4.69, 9.17) is 9.47 Å². The Hall–Kier alpha value is -3.18. The minimum atomic E-state index is -0.537. The van der Waals surface area contributed by atoms with Crippen LogP contribution in [-0.4, -0.2) is 26.2 Å². The van der Waals surface area contributed by atoms with Crippen molar-refractivity contribution >= 4 is 11.6 Å². The molecule has 0 unspecified atom stereocenters. The first kappa shape index (κ1) is 19.6. The highest BCUT2D eigenvalue weighted by Crippen LogP contribution is 2.27. The van der Waals surface area contributed by atoms with Crippen LogP contribution in [0, 0.1) is 5.82 Å². The van der Waals surface area contributed by atoms with Gasteiger partial charge in [-0.1, -0.05) is 60.7 Å². The third kappa shape index (κ3) is 4.96. The number of carbonyl (C=O) groups is 1. The van der Waals surface area contributed by atoms with Crippen LogP contribution in [-0.2, 0) is 9.53 Å². The van der Waals surface area contributed by atoms with Crippen molar-refractivity contribution in [2.45, 2.75) is 5.92 Å². The van der Waals surface area contributed by atoms with Gasteiger partial charge >= 0.3 is 0 Å². The second kappa shape index (κ2) is 9.67. The molecule has 0 saturated carbocycles. The molecule has 0 radical (unpaired) electrons. The highest BCUT2D eigenvalue weighted by Gasteiger charge is 2.23. The number of halogens is 1. The van der Waals surface area contributed by atoms with Gasteiger partial charge in [-0.05, 0) is 23.3 Å². The average Bonchev–Trinajstić information content (AvgIpc) is 2.71. The second-order valence-electron chi connectivity index (χ2n) is 6.23. The Kier molecular flexibility index (Phi) is 6.76. The molecule has 0 bridgehead atoms. The predicted octanol–water partition coefficient (Wildman–Crippen LogP) is 4.62. The van der Waals surface area contributed by atoms with Gasteiger partial charge in [0, 0.05) is 18.9 Å². The summed E-state index contributed by atoms with van der Waals surface area (Å²) in [7, 11) is 1.55. The SMILES string of the molecule is COCCOc1ccc(NC(=O)C(c2ccccc2)c2ccccc2)cc1F. The molecule has 3 rings (SSSR count). The van der Waals surface area contributed by atoms with Gasteiger partial charge in [0.25, 0.3) is 0 Å². The molecule has 144 valence electrons. The van der Waals surface area contributed by atoms with Gasteiger partial charge in [0.2, 0.25) is 5.91 Å². The lowest BCUT2D eigenvalue weighted by molar-refractivity contribution is -0.116. The van der Waals surface area contributed by atoms with E-state index < -0.39 is 11.7 Å². The molecule has 1 N–H and O–H groups in total. The normalized spacial score (nSPS) is 10.7. The van der Waals surface area contributed by atoms with E-state index in [2.05, 4.69) is 5.32 Å². The van der Waals surface area contributed by atoms with Crippen LogP contribution in [0.2, 0.25) is 0 Å². The van der Waals surface area contributed by atoms with Crippen LogP contribution in [0.5, 0.6) is 5.75 Å². The molecule has 0 aromatic heterocycles. The molecule has 5 heteroatoms. The number of carbonyl (C=O) groups excluding carboxylic acids is 1. The number of hydrogen-bond donors (Lipinski definition) is 1. The van der Waals surface area contributed by atoms with Gasteiger partial charge in [-0.15, -0.1) is 0 Å². The summed E-state index contributed by atoms with van der Waals surface area (Å²) in [4.78, 5) is 13.0. The van der Waals surface area contributed by atoms with Crippen molar-refractivity contribution in [3.8, 4) is 5.75 Å². The summed E-state index contributed by atoms with van der Waals surface area (Å²) in [5, 5.41) is 2.82. The summed E-state index contributed by atoms with van der Waals surface area (Å²) >= 11 is 0. The lowest BCUT2D eigenvalue weighted by Gasteiger charge is -2.18. The van der Waals surface area contributed by atoms with Crippen LogP contribution in [0.25, 0.3) is 0 Å². The van der Waals surface area contributed by atoms with Gasteiger partial charge in [0.15, 0.2) is 11.6 Å². The zero-order valence-electron chi connectivity index (χ0n) is 15.6. The monoisotopic (exact) mass is 379 g/mol. The van der Waals surface area contributed by atoms with E-state index in [9.17, 15) is 9.18 Å². The van der Waals surface area contributed by atoms with Crippen molar-refractivity contribution in [2.75, 3.05) is 25.6 Å². The zero-order valence-corrected chi connectivity index (χ0v) is 15.6. The average molecular weight is 379 g/mol. The Morgan fingerprint density at radius 2 is 1.54 bits per heavy atom. The van der Waals surface area contributed by atoms with Crippen molar-refractivity contribution in [2.24, 2.45) is 0 Å². The number of hydrogen-bond acceptors (Lipinski definition) is 3. The molecule has 0 fully saturated rings. The molecule has 3 aromatic rings. The molecule has 3 aromatic carbocycles. The molecule has 0 aliphatic heterocycles. The Labute approximate surface area is 163 Å². The van der Waals surface area contributed by atoms with E-state index in [1.165, 1.54) is 12.1 Å². The van der Waals surface area contributed by atoms with Gasteiger partial charge in [0.1, 0.15) is 6.61 Å². The quantitative estimate of drug-likeness (QED) is 0.581. The molecule has 0 aliphatic carbocycles. The fourth-order valence-electron chi connectivity index (χ4n) is 2.93. The number of ether oxygens (including phenoxy) is 2. The lowest BCUT2D eigenvalue weighted by atomic mass is 9.90. The first-order valence-electron chi connectivity index (χ1n) is 9.01. The first-order valence-corrected chi connectivity index (χ1v) is 9.01. The number of rotatable bonds is 8. The van der Waals surface area contributed by atoms with Crippen LogP contribution < -0.4 is 10.1 Å². The molecule has 0 saturated heterocycles. The van der Waals surface area contributed by atoms with Crippen molar-refractivity contribution in [3.63, 3.8) is 0 Å². The van der Waals surface area contributed by atoms with Crippen molar-refractivity contribution in [3.05, 3.63) is 95.8 Å². The van der Waals surface area contributed by atoms with Crippen LogP contribution in [0.3, 0.4) is 0 Å². The summed E-state index contributed by atoms with van der Waals surface area (Å²) < 4.78 is 24.5. The number of anilines is 1. The summed E-state index contributed by atoms with van der Waals surface area (Å²) in [6, 6.07) is 23.4. The van der Waals surface area contributed by atoms with Gasteiger partial charge in [-0.3, -0.25) is 4.79 Å². The Morgan fingerprint density at radius 3 is 2.07 bits per heavy atom. The van der Waals surface area contributed by atoms with E-state index in [-0.39, 0.29) is 18.3 Å². The highest BCUT2D eigenvalue weighted by molar-refractivity contribution is 5.98. The van der Waals surface area contributed by atoms with Crippen LogP contribution in [0.4, 0.5) is 10.1 Å². The summed E-state index contributed by atoms with van der Waals surface area (Å²) in [5.41, 5.74) is 2.11. The van der Waals surface area contributed by atoms with E-state index in [0.717, 1.165) is 11.1 Å². The van der Waals surface area contributed by atoms with Crippen molar-refractivity contribution in [1.29, 1.82) is 0 Å². The topological polar surface area (TPSA) is 47.6 Å². The Morgan fingerprint density at radius 1 is 0.929 bits per heavy atom. The molecule has 0 heterocycles. The molecule has 28 heavy (non-hydrogen) atoms. The minimum absolute atomic E-state index is 0.123. The van der Waals surface area contributed by atoms with E-state index in [1.807, 2.05) is 60.7 Å². The number of amides is 1. The van der Waals surface area contributed by atoms with Crippen LogP contribution >= 0.6 is 0 Å². The first-order chi connectivity index (χ1) is 13.7. The zero-order chi connectivity index (χ0) is 19.8. The maximum Gasteiger partial charge on any atom is 0.236 e. The minimum Gasteiger partial charge on any atom is -0.488 e. The maximum atomic E-state index is 14.3. The number of benzene rings is 3. The van der Waals surface area contributed by atoms with E-state index in [0.29, 0.717) is 12.3 Å². The van der Waals surface area contributed by atoms with Crippen molar-refractivity contribution < 1.29 is 18.7 Å². The van der Waals surface area contributed by atoms with Crippen LogP contribution in [0.1, 0.15) is 17.0 Å². The summed E-state index contributed by atoms with van der Waals surface area (Å²) in [6.45, 7) is 0.622. The fraction of sp³-hybridized carbons (Fsp3) is 0.174. The molecule has 0 aliphatic rings. The summed E-state index contributed by atoms with van der Waals surface area (Å²) in [6.07, 6.45) is 0. The molecule has 4 nitrogen and oxygen atoms in total. The fourth-order valence-corrected chi connectivity index (χ4v) is 2.93. The van der Waals surface area contributed by atoms with Gasteiger partial charge in [-0.25, -0.2) is 4.39 Å². The maximum absolute atomic E-state index is 14.3. The third-order valence-corrected chi connectivity index (χ3v) is 4.27. The van der Waals surface area contributed by atoms with Gasteiger partial charge in [0.05, 0.1) is 12.5 Å².